The second kappa shape index (κ2) is 5.62. The summed E-state index contributed by atoms with van der Waals surface area (Å²) in [5, 5.41) is 0. The van der Waals surface area contributed by atoms with Crippen molar-refractivity contribution < 1.29 is 0 Å². The van der Waals surface area contributed by atoms with Gasteiger partial charge in [0.1, 0.15) is 0 Å². The van der Waals surface area contributed by atoms with Crippen LogP contribution < -0.4 is 4.72 Å². The first kappa shape index (κ1) is 10.1. The van der Waals surface area contributed by atoms with Crippen LogP contribution in [0.4, 0.5) is 0 Å². The lowest BCUT2D eigenvalue weighted by atomic mass is 10.4. The summed E-state index contributed by atoms with van der Waals surface area (Å²) in [5.74, 6) is 0. The second-order valence-corrected chi connectivity index (χ2v) is 4.33. The standard InChI is InChI=1S/C9H12BrNS/c1-2-7-11-12-9-5-3-8(10)4-6-9/h3-6,11H,2,7H2,1H3. The lowest BCUT2D eigenvalue weighted by Gasteiger charge is -2.01. The number of hydrogen-bond acceptors (Lipinski definition) is 2. The molecule has 0 heterocycles. The molecule has 0 saturated heterocycles. The molecule has 3 heteroatoms. The molecule has 0 aliphatic carbocycles. The van der Waals surface area contributed by atoms with E-state index in [2.05, 4.69) is 51.8 Å². The third kappa shape index (κ3) is 3.61. The summed E-state index contributed by atoms with van der Waals surface area (Å²) >= 11 is 5.08. The summed E-state index contributed by atoms with van der Waals surface area (Å²) in [7, 11) is 0. The van der Waals surface area contributed by atoms with E-state index in [-0.39, 0.29) is 0 Å². The van der Waals surface area contributed by atoms with Crippen LogP contribution in [0.1, 0.15) is 13.3 Å². The van der Waals surface area contributed by atoms with E-state index in [1.165, 1.54) is 11.3 Å². The van der Waals surface area contributed by atoms with E-state index in [4.69, 9.17) is 0 Å². The quantitative estimate of drug-likeness (QED) is 0.645. The van der Waals surface area contributed by atoms with Gasteiger partial charge < -0.3 is 0 Å². The zero-order valence-corrected chi connectivity index (χ0v) is 9.41. The molecule has 0 bridgehead atoms. The predicted octanol–water partition coefficient (Wildman–Crippen LogP) is 3.46. The van der Waals surface area contributed by atoms with Gasteiger partial charge in [-0.3, -0.25) is 4.72 Å². The second-order valence-electron chi connectivity index (χ2n) is 2.45. The van der Waals surface area contributed by atoms with Crippen LogP contribution in [0, 0.1) is 0 Å². The zero-order valence-electron chi connectivity index (χ0n) is 7.01. The Bertz CT molecular complexity index is 222. The van der Waals surface area contributed by atoms with E-state index in [1.54, 1.807) is 11.9 Å². The van der Waals surface area contributed by atoms with Crippen LogP contribution in [0.2, 0.25) is 0 Å². The van der Waals surface area contributed by atoms with E-state index in [0.29, 0.717) is 0 Å². The molecule has 66 valence electrons. The molecule has 0 aliphatic rings. The van der Waals surface area contributed by atoms with Gasteiger partial charge in [-0.1, -0.05) is 22.9 Å². The first-order chi connectivity index (χ1) is 5.83. The average Bonchev–Trinajstić information content (AvgIpc) is 2.09. The van der Waals surface area contributed by atoms with Crippen molar-refractivity contribution in [3.8, 4) is 0 Å². The molecule has 0 unspecified atom stereocenters. The smallest absolute Gasteiger partial charge is 0.0228 e. The van der Waals surface area contributed by atoms with Gasteiger partial charge in [0, 0.05) is 15.9 Å². The molecule has 12 heavy (non-hydrogen) atoms. The predicted molar refractivity (Wildman–Crippen MR) is 58.3 cm³/mol. The zero-order chi connectivity index (χ0) is 8.81. The summed E-state index contributed by atoms with van der Waals surface area (Å²) in [6.45, 7) is 3.22. The van der Waals surface area contributed by atoms with Gasteiger partial charge in [-0.25, -0.2) is 0 Å². The fourth-order valence-corrected chi connectivity index (χ4v) is 1.75. The summed E-state index contributed by atoms with van der Waals surface area (Å²) in [6.07, 6.45) is 1.17. The molecule has 1 N–H and O–H groups in total. The summed E-state index contributed by atoms with van der Waals surface area (Å²) in [5.41, 5.74) is 0. The number of rotatable bonds is 4. The van der Waals surface area contributed by atoms with E-state index in [1.807, 2.05) is 0 Å². The number of hydrogen-bond donors (Lipinski definition) is 1. The molecule has 1 nitrogen and oxygen atoms in total. The Balaban J connectivity index is 2.37. The SMILES string of the molecule is CCCNSc1ccc(Br)cc1. The van der Waals surface area contributed by atoms with Crippen molar-refractivity contribution in [3.05, 3.63) is 28.7 Å². The molecule has 0 atom stereocenters. The van der Waals surface area contributed by atoms with Crippen LogP contribution in [-0.2, 0) is 0 Å². The molecule has 0 aliphatic heterocycles. The molecule has 0 amide bonds. The highest BCUT2D eigenvalue weighted by Gasteiger charge is 1.91. The highest BCUT2D eigenvalue weighted by atomic mass is 79.9. The van der Waals surface area contributed by atoms with Gasteiger partial charge in [-0.05, 0) is 42.6 Å². The summed E-state index contributed by atoms with van der Waals surface area (Å²) < 4.78 is 4.40. The highest BCUT2D eigenvalue weighted by Crippen LogP contribution is 2.17. The Morgan fingerprint density at radius 1 is 1.33 bits per heavy atom. The molecule has 0 aromatic heterocycles. The Morgan fingerprint density at radius 2 is 2.00 bits per heavy atom. The van der Waals surface area contributed by atoms with E-state index >= 15 is 0 Å². The molecule has 1 aromatic carbocycles. The maximum Gasteiger partial charge on any atom is 0.0228 e. The van der Waals surface area contributed by atoms with Crippen molar-refractivity contribution in [2.75, 3.05) is 6.54 Å². The van der Waals surface area contributed by atoms with Crippen LogP contribution in [0.5, 0.6) is 0 Å². The molecule has 0 fully saturated rings. The maximum absolute atomic E-state index is 3.40. The molecule has 1 rings (SSSR count). The minimum absolute atomic E-state index is 1.06. The van der Waals surface area contributed by atoms with Gasteiger partial charge in [0.25, 0.3) is 0 Å². The Morgan fingerprint density at radius 3 is 2.58 bits per heavy atom. The Hall–Kier alpha value is 0.01000. The van der Waals surface area contributed by atoms with Gasteiger partial charge in [0.15, 0.2) is 0 Å². The van der Waals surface area contributed by atoms with E-state index in [0.717, 1.165) is 11.0 Å². The van der Waals surface area contributed by atoms with Gasteiger partial charge >= 0.3 is 0 Å². The first-order valence-electron chi connectivity index (χ1n) is 3.98. The van der Waals surface area contributed by atoms with Gasteiger partial charge in [-0.15, -0.1) is 0 Å². The maximum atomic E-state index is 3.40. The molecule has 0 spiro atoms. The summed E-state index contributed by atoms with van der Waals surface area (Å²) in [4.78, 5) is 1.26. The number of halogens is 1. The van der Waals surface area contributed by atoms with E-state index in [9.17, 15) is 0 Å². The molecule has 0 saturated carbocycles. The third-order valence-corrected chi connectivity index (χ3v) is 2.74. The van der Waals surface area contributed by atoms with Gasteiger partial charge in [-0.2, -0.15) is 0 Å². The van der Waals surface area contributed by atoms with Crippen molar-refractivity contribution in [1.29, 1.82) is 0 Å². The van der Waals surface area contributed by atoms with Crippen LogP contribution in [0.25, 0.3) is 0 Å². The molecule has 1 aromatic rings. The van der Waals surface area contributed by atoms with Crippen molar-refractivity contribution >= 4 is 27.9 Å². The largest absolute Gasteiger partial charge is 0.260 e. The lowest BCUT2D eigenvalue weighted by molar-refractivity contribution is 0.877. The monoisotopic (exact) mass is 245 g/mol. The van der Waals surface area contributed by atoms with Gasteiger partial charge in [0.2, 0.25) is 0 Å². The van der Waals surface area contributed by atoms with Crippen molar-refractivity contribution in [1.82, 2.24) is 4.72 Å². The van der Waals surface area contributed by atoms with Crippen molar-refractivity contribution in [2.24, 2.45) is 0 Å². The van der Waals surface area contributed by atoms with Crippen LogP contribution in [-0.4, -0.2) is 6.54 Å². The van der Waals surface area contributed by atoms with E-state index < -0.39 is 0 Å². The number of benzene rings is 1. The fourth-order valence-electron chi connectivity index (χ4n) is 0.739. The lowest BCUT2D eigenvalue weighted by Crippen LogP contribution is -2.02. The van der Waals surface area contributed by atoms with Crippen molar-refractivity contribution in [2.45, 2.75) is 18.2 Å². The molecular formula is C9H12BrNS. The number of nitrogens with one attached hydrogen (secondary N) is 1. The third-order valence-electron chi connectivity index (χ3n) is 1.36. The fraction of sp³-hybridized carbons (Fsp3) is 0.333. The topological polar surface area (TPSA) is 12.0 Å². The van der Waals surface area contributed by atoms with Crippen LogP contribution in [0.3, 0.4) is 0 Å². The van der Waals surface area contributed by atoms with Crippen molar-refractivity contribution in [3.63, 3.8) is 0 Å². The van der Waals surface area contributed by atoms with Crippen LogP contribution in [0.15, 0.2) is 33.6 Å². The average molecular weight is 246 g/mol. The Kier molecular flexibility index (Phi) is 4.73. The normalized spacial score (nSPS) is 10.2. The summed E-state index contributed by atoms with van der Waals surface area (Å²) in [6, 6.07) is 8.29. The Labute approximate surface area is 86.2 Å². The molecule has 0 radical (unpaired) electrons. The minimum Gasteiger partial charge on any atom is -0.260 e. The van der Waals surface area contributed by atoms with Gasteiger partial charge in [0.05, 0.1) is 0 Å². The van der Waals surface area contributed by atoms with Crippen LogP contribution >= 0.6 is 27.9 Å². The molecular weight excluding hydrogens is 234 g/mol. The first-order valence-corrected chi connectivity index (χ1v) is 5.59. The minimum atomic E-state index is 1.06. The highest BCUT2D eigenvalue weighted by molar-refractivity contribution is 9.10.